The van der Waals surface area contributed by atoms with Crippen LogP contribution in [-0.2, 0) is 32.0 Å². The number of halogens is 1. The van der Waals surface area contributed by atoms with E-state index in [-0.39, 0.29) is 42.9 Å². The van der Waals surface area contributed by atoms with E-state index in [0.717, 1.165) is 11.1 Å². The maximum absolute atomic E-state index is 13.0. The zero-order chi connectivity index (χ0) is 30.9. The van der Waals surface area contributed by atoms with Crippen molar-refractivity contribution in [1.29, 1.82) is 0 Å². The topological polar surface area (TPSA) is 140 Å². The van der Waals surface area contributed by atoms with Crippen LogP contribution in [0.2, 0.25) is 0 Å². The lowest BCUT2D eigenvalue weighted by atomic mass is 10.1. The maximum Gasteiger partial charge on any atom is 0.330 e. The van der Waals surface area contributed by atoms with Crippen molar-refractivity contribution in [3.05, 3.63) is 91.6 Å². The minimum atomic E-state index is -1.13. The molecule has 10 nitrogen and oxygen atoms in total. The van der Waals surface area contributed by atoms with Crippen molar-refractivity contribution in [1.82, 2.24) is 16.0 Å². The molecular formula is C30H32BrN3O7S. The fourth-order valence-electron chi connectivity index (χ4n) is 3.78. The summed E-state index contributed by atoms with van der Waals surface area (Å²) in [5.41, 5.74) is 1.49. The summed E-state index contributed by atoms with van der Waals surface area (Å²) >= 11 is 4.58. The predicted octanol–water partition coefficient (Wildman–Crippen LogP) is 4.03. The van der Waals surface area contributed by atoms with E-state index in [1.165, 1.54) is 36.6 Å². The summed E-state index contributed by atoms with van der Waals surface area (Å²) in [6, 6.07) is 14.0. The van der Waals surface area contributed by atoms with E-state index < -0.39 is 23.5 Å². The first-order valence-electron chi connectivity index (χ1n) is 12.9. The highest BCUT2D eigenvalue weighted by molar-refractivity contribution is 9.10. The summed E-state index contributed by atoms with van der Waals surface area (Å²) in [6.07, 6.45) is 0.118. The first-order chi connectivity index (χ1) is 19.9. The van der Waals surface area contributed by atoms with Gasteiger partial charge in [0.15, 0.2) is 0 Å². The second-order valence-corrected chi connectivity index (χ2v) is 12.0. The highest BCUT2D eigenvalue weighted by atomic mass is 79.9. The van der Waals surface area contributed by atoms with E-state index in [9.17, 15) is 24.0 Å². The maximum atomic E-state index is 13.0. The second kappa shape index (κ2) is 14.7. The smallest absolute Gasteiger partial charge is 0.330 e. The summed E-state index contributed by atoms with van der Waals surface area (Å²) in [4.78, 5) is 62.9. The quantitative estimate of drug-likeness (QED) is 0.265. The number of amides is 3. The summed E-state index contributed by atoms with van der Waals surface area (Å²) in [5.74, 6) is -2.41. The highest BCUT2D eigenvalue weighted by Crippen LogP contribution is 2.19. The van der Waals surface area contributed by atoms with Gasteiger partial charge in [0.05, 0.1) is 24.0 Å². The number of ether oxygens (including phenoxy) is 2. The molecule has 0 unspecified atom stereocenters. The third-order valence-electron chi connectivity index (χ3n) is 5.69. The molecule has 0 aliphatic carbocycles. The van der Waals surface area contributed by atoms with Gasteiger partial charge in [-0.25, -0.2) is 4.79 Å². The van der Waals surface area contributed by atoms with Gasteiger partial charge in [0.25, 0.3) is 17.7 Å². The SMILES string of the molecule is COC(=O)[C@H](CNC(=O)c1cccs1)NC(=O)c1ccc(C(=O)NCc2cccc(CC(=O)OC(C)(C)C)c2)cc1Br. The largest absolute Gasteiger partial charge is 0.467 e. The van der Waals surface area contributed by atoms with Crippen LogP contribution in [-0.4, -0.2) is 55.0 Å². The van der Waals surface area contributed by atoms with Gasteiger partial charge in [-0.15, -0.1) is 11.3 Å². The number of thiophene rings is 1. The average molecular weight is 659 g/mol. The Hall–Kier alpha value is -4.03. The first kappa shape index (κ1) is 32.5. The highest BCUT2D eigenvalue weighted by Gasteiger charge is 2.25. The molecule has 1 atom stereocenters. The Morgan fingerprint density at radius 3 is 2.29 bits per heavy atom. The molecule has 222 valence electrons. The number of hydrogen-bond acceptors (Lipinski definition) is 8. The Kier molecular flexibility index (Phi) is 11.4. The van der Waals surface area contributed by atoms with Gasteiger partial charge in [-0.3, -0.25) is 19.2 Å². The Bertz CT molecular complexity index is 1450. The van der Waals surface area contributed by atoms with Crippen LogP contribution in [0.4, 0.5) is 0 Å². The molecule has 0 spiro atoms. The number of esters is 2. The van der Waals surface area contributed by atoms with Crippen LogP contribution in [0.3, 0.4) is 0 Å². The van der Waals surface area contributed by atoms with Crippen LogP contribution in [0.15, 0.2) is 64.5 Å². The zero-order valence-electron chi connectivity index (χ0n) is 23.6. The van der Waals surface area contributed by atoms with Crippen molar-refractivity contribution < 1.29 is 33.4 Å². The molecule has 2 aromatic carbocycles. The second-order valence-electron chi connectivity index (χ2n) is 10.2. The van der Waals surface area contributed by atoms with Crippen molar-refractivity contribution in [2.24, 2.45) is 0 Å². The van der Waals surface area contributed by atoms with Gasteiger partial charge in [-0.1, -0.05) is 30.3 Å². The van der Waals surface area contributed by atoms with Crippen molar-refractivity contribution in [3.63, 3.8) is 0 Å². The van der Waals surface area contributed by atoms with Crippen LogP contribution in [0.25, 0.3) is 0 Å². The number of benzene rings is 2. The number of methoxy groups -OCH3 is 1. The average Bonchev–Trinajstić information content (AvgIpc) is 3.47. The number of hydrogen-bond donors (Lipinski definition) is 3. The number of carbonyl (C=O) groups excluding carboxylic acids is 5. The van der Waals surface area contributed by atoms with Crippen molar-refractivity contribution >= 4 is 56.9 Å². The summed E-state index contributed by atoms with van der Waals surface area (Å²) in [6.45, 7) is 5.47. The molecule has 0 aliphatic rings. The minimum Gasteiger partial charge on any atom is -0.467 e. The molecule has 3 amide bonds. The number of carbonyl (C=O) groups is 5. The molecule has 1 aromatic heterocycles. The van der Waals surface area contributed by atoms with E-state index in [1.807, 2.05) is 39.0 Å². The van der Waals surface area contributed by atoms with Gasteiger partial charge in [-0.05, 0) is 77.5 Å². The summed E-state index contributed by atoms with van der Waals surface area (Å²) in [5, 5.41) is 9.76. The van der Waals surface area contributed by atoms with Crippen molar-refractivity contribution in [2.45, 2.75) is 45.4 Å². The lowest BCUT2D eigenvalue weighted by molar-refractivity contribution is -0.154. The number of nitrogens with one attached hydrogen (secondary N) is 3. The molecule has 0 aliphatic heterocycles. The normalized spacial score (nSPS) is 11.6. The van der Waals surface area contributed by atoms with Crippen molar-refractivity contribution in [3.8, 4) is 0 Å². The van der Waals surface area contributed by atoms with E-state index >= 15 is 0 Å². The fraction of sp³-hybridized carbons (Fsp3) is 0.300. The third-order valence-corrected chi connectivity index (χ3v) is 7.22. The van der Waals surface area contributed by atoms with Gasteiger partial charge in [-0.2, -0.15) is 0 Å². The number of rotatable bonds is 11. The molecule has 0 saturated heterocycles. The predicted molar refractivity (Wildman–Crippen MR) is 161 cm³/mol. The minimum absolute atomic E-state index is 0.118. The van der Waals surface area contributed by atoms with Gasteiger partial charge >= 0.3 is 11.9 Å². The van der Waals surface area contributed by atoms with Crippen LogP contribution >= 0.6 is 27.3 Å². The monoisotopic (exact) mass is 657 g/mol. The van der Waals surface area contributed by atoms with Crippen LogP contribution in [0, 0.1) is 0 Å². The van der Waals surface area contributed by atoms with E-state index in [2.05, 4.69) is 31.9 Å². The molecule has 3 rings (SSSR count). The van der Waals surface area contributed by atoms with Gasteiger partial charge in [0.2, 0.25) is 0 Å². The van der Waals surface area contributed by atoms with Crippen LogP contribution in [0.5, 0.6) is 0 Å². The summed E-state index contributed by atoms with van der Waals surface area (Å²) < 4.78 is 10.5. The lowest BCUT2D eigenvalue weighted by Gasteiger charge is -2.19. The lowest BCUT2D eigenvalue weighted by Crippen LogP contribution is -2.49. The molecule has 12 heteroatoms. The van der Waals surface area contributed by atoms with Gasteiger partial charge in [0, 0.05) is 23.1 Å². The molecule has 3 N–H and O–H groups in total. The third kappa shape index (κ3) is 9.81. The molecule has 0 radical (unpaired) electrons. The Morgan fingerprint density at radius 2 is 1.64 bits per heavy atom. The fourth-order valence-corrected chi connectivity index (χ4v) is 4.98. The Balaban J connectivity index is 1.59. The molecular weight excluding hydrogens is 626 g/mol. The van der Waals surface area contributed by atoms with Crippen molar-refractivity contribution in [2.75, 3.05) is 13.7 Å². The Labute approximate surface area is 256 Å². The van der Waals surface area contributed by atoms with Gasteiger partial charge in [0.1, 0.15) is 11.6 Å². The van der Waals surface area contributed by atoms with E-state index in [1.54, 1.807) is 23.6 Å². The molecule has 42 heavy (non-hydrogen) atoms. The van der Waals surface area contributed by atoms with Gasteiger partial charge < -0.3 is 25.4 Å². The van der Waals surface area contributed by atoms with Crippen LogP contribution in [0.1, 0.15) is 62.3 Å². The summed E-state index contributed by atoms with van der Waals surface area (Å²) in [7, 11) is 1.18. The van der Waals surface area contributed by atoms with E-state index in [4.69, 9.17) is 9.47 Å². The molecule has 1 heterocycles. The zero-order valence-corrected chi connectivity index (χ0v) is 26.0. The van der Waals surface area contributed by atoms with E-state index in [0.29, 0.717) is 14.9 Å². The molecule has 0 fully saturated rings. The van der Waals surface area contributed by atoms with Crippen LogP contribution < -0.4 is 16.0 Å². The first-order valence-corrected chi connectivity index (χ1v) is 14.6. The molecule has 3 aromatic rings. The molecule has 0 bridgehead atoms. The standard InChI is InChI=1S/C30H32BrN3O7S/c1-30(2,3)41-25(35)14-18-7-5-8-19(13-18)16-32-26(36)20-10-11-21(22(31)15-20)27(37)34-23(29(39)40-4)17-33-28(38)24-9-6-12-42-24/h5-13,15,23H,14,16-17H2,1-4H3,(H,32,36)(H,33,38)(H,34,37)/t23-/m0/s1. The molecule has 0 saturated carbocycles. The Morgan fingerprint density at radius 1 is 0.905 bits per heavy atom.